The van der Waals surface area contributed by atoms with Crippen LogP contribution in [0, 0.1) is 5.92 Å². The number of nitrogens with zero attached hydrogens (tertiary/aromatic N) is 1. The van der Waals surface area contributed by atoms with Crippen LogP contribution in [0.2, 0.25) is 0 Å². The van der Waals surface area contributed by atoms with Crippen LogP contribution >= 0.6 is 0 Å². The van der Waals surface area contributed by atoms with Gasteiger partial charge in [0, 0.05) is 18.8 Å². The number of hydrogen-bond donors (Lipinski definition) is 1. The minimum absolute atomic E-state index is 0.273. The van der Waals surface area contributed by atoms with Gasteiger partial charge in [0.15, 0.2) is 0 Å². The van der Waals surface area contributed by atoms with E-state index >= 15 is 0 Å². The van der Waals surface area contributed by atoms with E-state index in [1.54, 1.807) is 6.20 Å². The number of rotatable bonds is 5. The van der Waals surface area contributed by atoms with Crippen molar-refractivity contribution >= 4 is 5.82 Å². The molecule has 3 nitrogen and oxygen atoms in total. The molecule has 1 heterocycles. The van der Waals surface area contributed by atoms with Crippen LogP contribution in [0.15, 0.2) is 18.3 Å². The molecule has 0 aromatic carbocycles. The van der Waals surface area contributed by atoms with Crippen LogP contribution in [-0.2, 0) is 11.3 Å². The molecular formula is C12H20N2O. The van der Waals surface area contributed by atoms with Crippen molar-refractivity contribution in [3.8, 4) is 0 Å². The first kappa shape index (κ1) is 12.0. The molecule has 0 spiro atoms. The van der Waals surface area contributed by atoms with E-state index < -0.39 is 0 Å². The maximum Gasteiger partial charge on any atom is 0.131 e. The largest absolute Gasteiger partial charge is 0.373 e. The molecule has 1 unspecified atom stereocenters. The Balaban J connectivity index is 2.57. The number of anilines is 1. The molecule has 15 heavy (non-hydrogen) atoms. The molecule has 84 valence electrons. The smallest absolute Gasteiger partial charge is 0.131 e. The zero-order valence-electron chi connectivity index (χ0n) is 9.95. The summed E-state index contributed by atoms with van der Waals surface area (Å²) in [4.78, 5) is 4.23. The predicted octanol–water partition coefficient (Wildman–Crippen LogP) is 2.68. The van der Waals surface area contributed by atoms with E-state index in [-0.39, 0.29) is 6.10 Å². The molecule has 1 aromatic rings. The molecule has 0 aliphatic heterocycles. The van der Waals surface area contributed by atoms with Crippen LogP contribution in [0.1, 0.15) is 26.3 Å². The maximum absolute atomic E-state index is 5.75. The summed E-state index contributed by atoms with van der Waals surface area (Å²) in [5.74, 6) is 1.44. The lowest BCUT2D eigenvalue weighted by molar-refractivity contribution is 0.0237. The summed E-state index contributed by atoms with van der Waals surface area (Å²) in [6.45, 7) is 7.03. The summed E-state index contributed by atoms with van der Waals surface area (Å²) in [5, 5.41) is 3.06. The van der Waals surface area contributed by atoms with Gasteiger partial charge < -0.3 is 10.1 Å². The molecule has 0 aliphatic carbocycles. The summed E-state index contributed by atoms with van der Waals surface area (Å²) >= 11 is 0. The van der Waals surface area contributed by atoms with E-state index in [4.69, 9.17) is 4.74 Å². The minimum Gasteiger partial charge on any atom is -0.373 e. The lowest BCUT2D eigenvalue weighted by Crippen LogP contribution is -2.15. The Hall–Kier alpha value is -1.09. The van der Waals surface area contributed by atoms with Crippen molar-refractivity contribution < 1.29 is 4.74 Å². The first-order chi connectivity index (χ1) is 7.15. The van der Waals surface area contributed by atoms with E-state index in [1.165, 1.54) is 0 Å². The fourth-order valence-electron chi connectivity index (χ4n) is 1.19. The third-order valence-corrected chi connectivity index (χ3v) is 2.57. The van der Waals surface area contributed by atoms with Gasteiger partial charge in [-0.1, -0.05) is 19.9 Å². The summed E-state index contributed by atoms with van der Waals surface area (Å²) in [5.41, 5.74) is 1.10. The van der Waals surface area contributed by atoms with E-state index in [1.807, 2.05) is 19.2 Å². The van der Waals surface area contributed by atoms with Gasteiger partial charge in [-0.2, -0.15) is 0 Å². The highest BCUT2D eigenvalue weighted by Gasteiger charge is 2.08. The van der Waals surface area contributed by atoms with Gasteiger partial charge in [-0.05, 0) is 18.9 Å². The molecule has 0 saturated heterocycles. The number of nitrogens with one attached hydrogen (secondary N) is 1. The average molecular weight is 208 g/mol. The zero-order chi connectivity index (χ0) is 11.3. The van der Waals surface area contributed by atoms with Crippen molar-refractivity contribution in [3.63, 3.8) is 0 Å². The Morgan fingerprint density at radius 1 is 1.40 bits per heavy atom. The lowest BCUT2D eigenvalue weighted by atomic mass is 10.1. The first-order valence-electron chi connectivity index (χ1n) is 5.38. The van der Waals surface area contributed by atoms with Gasteiger partial charge in [-0.15, -0.1) is 0 Å². The van der Waals surface area contributed by atoms with E-state index in [9.17, 15) is 0 Å². The minimum atomic E-state index is 0.273. The number of hydrogen-bond acceptors (Lipinski definition) is 3. The Morgan fingerprint density at radius 3 is 2.73 bits per heavy atom. The monoisotopic (exact) mass is 208 g/mol. The number of ether oxygens (including phenoxy) is 1. The second-order valence-electron chi connectivity index (χ2n) is 4.02. The molecule has 3 heteroatoms. The second kappa shape index (κ2) is 5.71. The van der Waals surface area contributed by atoms with Crippen molar-refractivity contribution in [2.24, 2.45) is 5.92 Å². The Morgan fingerprint density at radius 2 is 2.13 bits per heavy atom. The highest BCUT2D eigenvalue weighted by molar-refractivity contribution is 5.42. The van der Waals surface area contributed by atoms with Gasteiger partial charge in [0.25, 0.3) is 0 Å². The Kier molecular flexibility index (Phi) is 4.56. The molecule has 0 saturated carbocycles. The summed E-state index contributed by atoms with van der Waals surface area (Å²) < 4.78 is 5.75. The van der Waals surface area contributed by atoms with Gasteiger partial charge in [0.05, 0.1) is 12.7 Å². The van der Waals surface area contributed by atoms with Crippen LogP contribution in [0.25, 0.3) is 0 Å². The van der Waals surface area contributed by atoms with Gasteiger partial charge >= 0.3 is 0 Å². The first-order valence-corrected chi connectivity index (χ1v) is 5.38. The molecule has 0 aliphatic rings. The molecule has 1 atom stereocenters. The highest BCUT2D eigenvalue weighted by atomic mass is 16.5. The Labute approximate surface area is 91.9 Å². The standard InChI is InChI=1S/C12H20N2O/c1-9(2)10(3)15-8-11-6-5-7-14-12(11)13-4/h5-7,9-10H,8H2,1-4H3,(H,13,14). The Bertz CT molecular complexity index is 299. The third kappa shape index (κ3) is 3.51. The highest BCUT2D eigenvalue weighted by Crippen LogP contribution is 2.14. The van der Waals surface area contributed by atoms with Gasteiger partial charge in [-0.3, -0.25) is 0 Å². The number of pyridine rings is 1. The van der Waals surface area contributed by atoms with Crippen molar-refractivity contribution in [1.82, 2.24) is 4.98 Å². The van der Waals surface area contributed by atoms with Crippen molar-refractivity contribution in [2.75, 3.05) is 12.4 Å². The van der Waals surface area contributed by atoms with E-state index in [0.717, 1.165) is 11.4 Å². The molecule has 0 fully saturated rings. The fraction of sp³-hybridized carbons (Fsp3) is 0.583. The van der Waals surface area contributed by atoms with Gasteiger partial charge in [0.1, 0.15) is 5.82 Å². The molecular weight excluding hydrogens is 188 g/mol. The van der Waals surface area contributed by atoms with Crippen molar-refractivity contribution in [2.45, 2.75) is 33.5 Å². The number of aromatic nitrogens is 1. The molecule has 1 aromatic heterocycles. The van der Waals surface area contributed by atoms with Crippen LogP contribution in [-0.4, -0.2) is 18.1 Å². The van der Waals surface area contributed by atoms with Crippen LogP contribution in [0.5, 0.6) is 0 Å². The molecule has 1 rings (SSSR count). The SMILES string of the molecule is CNc1ncccc1COC(C)C(C)C. The van der Waals surface area contributed by atoms with Crippen LogP contribution < -0.4 is 5.32 Å². The van der Waals surface area contributed by atoms with E-state index in [2.05, 4.69) is 31.1 Å². The molecule has 0 amide bonds. The topological polar surface area (TPSA) is 34.2 Å². The van der Waals surface area contributed by atoms with Gasteiger partial charge in [0.2, 0.25) is 0 Å². The van der Waals surface area contributed by atoms with Crippen LogP contribution in [0.3, 0.4) is 0 Å². The normalized spacial score (nSPS) is 12.9. The van der Waals surface area contributed by atoms with E-state index in [0.29, 0.717) is 12.5 Å². The zero-order valence-corrected chi connectivity index (χ0v) is 9.95. The maximum atomic E-state index is 5.75. The second-order valence-corrected chi connectivity index (χ2v) is 4.02. The lowest BCUT2D eigenvalue weighted by Gasteiger charge is -2.17. The third-order valence-electron chi connectivity index (χ3n) is 2.57. The fourth-order valence-corrected chi connectivity index (χ4v) is 1.19. The summed E-state index contributed by atoms with van der Waals surface area (Å²) in [6.07, 6.45) is 2.05. The quantitative estimate of drug-likeness (QED) is 0.807. The molecule has 0 radical (unpaired) electrons. The summed E-state index contributed by atoms with van der Waals surface area (Å²) in [6, 6.07) is 3.96. The summed E-state index contributed by atoms with van der Waals surface area (Å²) in [7, 11) is 1.87. The van der Waals surface area contributed by atoms with Crippen molar-refractivity contribution in [3.05, 3.63) is 23.9 Å². The predicted molar refractivity (Wildman–Crippen MR) is 62.9 cm³/mol. The van der Waals surface area contributed by atoms with Crippen LogP contribution in [0.4, 0.5) is 5.82 Å². The van der Waals surface area contributed by atoms with Gasteiger partial charge in [-0.25, -0.2) is 4.98 Å². The molecule has 1 N–H and O–H groups in total. The van der Waals surface area contributed by atoms with Crippen molar-refractivity contribution in [1.29, 1.82) is 0 Å². The molecule has 0 bridgehead atoms. The average Bonchev–Trinajstić information content (AvgIpc) is 2.26.